The van der Waals surface area contributed by atoms with Gasteiger partial charge in [-0.3, -0.25) is 0 Å². The largest absolute Gasteiger partial charge is 0.463 e. The fourth-order valence-electron chi connectivity index (χ4n) is 2.33. The molecule has 0 radical (unpaired) electrons. The van der Waals surface area contributed by atoms with Gasteiger partial charge in [-0.1, -0.05) is 19.8 Å². The monoisotopic (exact) mass is 222 g/mol. The molecule has 0 aliphatic heterocycles. The van der Waals surface area contributed by atoms with Crippen molar-refractivity contribution in [2.24, 2.45) is 5.92 Å². The lowest BCUT2D eigenvalue weighted by Gasteiger charge is -2.24. The van der Waals surface area contributed by atoms with Gasteiger partial charge in [-0.2, -0.15) is 0 Å². The normalized spacial score (nSPS) is 25.4. The number of ether oxygens (including phenoxy) is 1. The van der Waals surface area contributed by atoms with E-state index in [2.05, 4.69) is 11.7 Å². The van der Waals surface area contributed by atoms with Crippen molar-refractivity contribution >= 4 is 5.97 Å². The molecule has 0 bridgehead atoms. The summed E-state index contributed by atoms with van der Waals surface area (Å²) in [5.74, 6) is 2.17. The SMILES string of the molecule is COC(=O)c1ccc(C2CCC(C)CC2)o1. The Morgan fingerprint density at radius 3 is 2.62 bits per heavy atom. The van der Waals surface area contributed by atoms with Crippen LogP contribution in [0.5, 0.6) is 0 Å². The molecule has 0 N–H and O–H groups in total. The Morgan fingerprint density at radius 1 is 1.31 bits per heavy atom. The molecule has 0 atom stereocenters. The Morgan fingerprint density at radius 2 is 2.00 bits per heavy atom. The van der Waals surface area contributed by atoms with Crippen LogP contribution in [0, 0.1) is 5.92 Å². The number of methoxy groups -OCH3 is 1. The molecule has 0 unspecified atom stereocenters. The highest BCUT2D eigenvalue weighted by Crippen LogP contribution is 2.36. The summed E-state index contributed by atoms with van der Waals surface area (Å²) < 4.78 is 10.2. The van der Waals surface area contributed by atoms with Crippen molar-refractivity contribution in [2.45, 2.75) is 38.5 Å². The van der Waals surface area contributed by atoms with Crippen LogP contribution in [-0.4, -0.2) is 13.1 Å². The van der Waals surface area contributed by atoms with Crippen LogP contribution in [0.1, 0.15) is 54.8 Å². The van der Waals surface area contributed by atoms with E-state index in [0.717, 1.165) is 24.5 Å². The summed E-state index contributed by atoms with van der Waals surface area (Å²) in [4.78, 5) is 11.2. The Hall–Kier alpha value is -1.25. The molecule has 1 aromatic heterocycles. The van der Waals surface area contributed by atoms with Crippen molar-refractivity contribution in [1.29, 1.82) is 0 Å². The summed E-state index contributed by atoms with van der Waals surface area (Å²) in [6.07, 6.45) is 4.82. The summed E-state index contributed by atoms with van der Waals surface area (Å²) >= 11 is 0. The first-order chi connectivity index (χ1) is 7.70. The second-order valence-electron chi connectivity index (χ2n) is 4.65. The zero-order valence-corrected chi connectivity index (χ0v) is 9.86. The number of hydrogen-bond acceptors (Lipinski definition) is 3. The first-order valence-electron chi connectivity index (χ1n) is 5.88. The topological polar surface area (TPSA) is 39.4 Å². The molecule has 3 heteroatoms. The van der Waals surface area contributed by atoms with Crippen LogP contribution < -0.4 is 0 Å². The van der Waals surface area contributed by atoms with E-state index in [0.29, 0.717) is 11.7 Å². The Labute approximate surface area is 95.8 Å². The van der Waals surface area contributed by atoms with Gasteiger partial charge in [0.1, 0.15) is 5.76 Å². The fraction of sp³-hybridized carbons (Fsp3) is 0.615. The van der Waals surface area contributed by atoms with Crippen LogP contribution in [0.15, 0.2) is 16.5 Å². The third kappa shape index (κ3) is 2.29. The number of rotatable bonds is 2. The number of carbonyl (C=O) groups is 1. The van der Waals surface area contributed by atoms with Gasteiger partial charge >= 0.3 is 5.97 Å². The van der Waals surface area contributed by atoms with Crippen LogP contribution in [0.3, 0.4) is 0 Å². The summed E-state index contributed by atoms with van der Waals surface area (Å²) in [6, 6.07) is 3.62. The second-order valence-corrected chi connectivity index (χ2v) is 4.65. The van der Waals surface area contributed by atoms with E-state index in [1.165, 1.54) is 20.0 Å². The second kappa shape index (κ2) is 4.73. The molecule has 1 fully saturated rings. The van der Waals surface area contributed by atoms with Crippen molar-refractivity contribution in [3.8, 4) is 0 Å². The molecule has 3 nitrogen and oxygen atoms in total. The van der Waals surface area contributed by atoms with E-state index in [-0.39, 0.29) is 0 Å². The van der Waals surface area contributed by atoms with Gasteiger partial charge in [-0.05, 0) is 30.9 Å². The van der Waals surface area contributed by atoms with E-state index in [9.17, 15) is 4.79 Å². The van der Waals surface area contributed by atoms with E-state index in [1.54, 1.807) is 6.07 Å². The van der Waals surface area contributed by atoms with Crippen LogP contribution in [0.25, 0.3) is 0 Å². The molecule has 2 rings (SSSR count). The molecule has 88 valence electrons. The maximum Gasteiger partial charge on any atom is 0.373 e. The number of furan rings is 1. The van der Waals surface area contributed by atoms with Crippen LogP contribution in [0.4, 0.5) is 0 Å². The highest BCUT2D eigenvalue weighted by atomic mass is 16.5. The Balaban J connectivity index is 2.04. The maximum absolute atomic E-state index is 11.2. The summed E-state index contributed by atoms with van der Waals surface area (Å²) in [5, 5.41) is 0. The lowest BCUT2D eigenvalue weighted by atomic mass is 9.82. The van der Waals surface area contributed by atoms with Crippen molar-refractivity contribution in [3.63, 3.8) is 0 Å². The van der Waals surface area contributed by atoms with E-state index in [1.807, 2.05) is 6.07 Å². The first kappa shape index (κ1) is 11.2. The zero-order valence-electron chi connectivity index (χ0n) is 9.86. The summed E-state index contributed by atoms with van der Waals surface area (Å²) in [7, 11) is 1.37. The number of esters is 1. The standard InChI is InChI=1S/C13H18O3/c1-9-3-5-10(6-4-9)11-7-8-12(16-11)13(14)15-2/h7-10H,3-6H2,1-2H3. The quantitative estimate of drug-likeness (QED) is 0.720. The summed E-state index contributed by atoms with van der Waals surface area (Å²) in [5.41, 5.74) is 0. The van der Waals surface area contributed by atoms with E-state index < -0.39 is 5.97 Å². The Kier molecular flexibility index (Phi) is 3.32. The van der Waals surface area contributed by atoms with E-state index in [4.69, 9.17) is 4.42 Å². The highest BCUT2D eigenvalue weighted by molar-refractivity contribution is 5.86. The van der Waals surface area contributed by atoms with Gasteiger partial charge in [-0.25, -0.2) is 4.79 Å². The molecule has 1 aliphatic carbocycles. The molecule has 0 amide bonds. The predicted octanol–water partition coefficient (Wildman–Crippen LogP) is 3.36. The van der Waals surface area contributed by atoms with Gasteiger partial charge in [0.25, 0.3) is 0 Å². The van der Waals surface area contributed by atoms with Crippen molar-refractivity contribution in [2.75, 3.05) is 7.11 Å². The third-order valence-corrected chi connectivity index (χ3v) is 3.43. The molecule has 1 aromatic rings. The smallest absolute Gasteiger partial charge is 0.373 e. The Bertz CT molecular complexity index is 359. The molecule has 16 heavy (non-hydrogen) atoms. The van der Waals surface area contributed by atoms with Crippen molar-refractivity contribution in [3.05, 3.63) is 23.7 Å². The highest BCUT2D eigenvalue weighted by Gasteiger charge is 2.23. The van der Waals surface area contributed by atoms with Gasteiger partial charge in [-0.15, -0.1) is 0 Å². The molecular formula is C13H18O3. The van der Waals surface area contributed by atoms with Crippen LogP contribution >= 0.6 is 0 Å². The predicted molar refractivity (Wildman–Crippen MR) is 60.4 cm³/mol. The fourth-order valence-corrected chi connectivity index (χ4v) is 2.33. The minimum Gasteiger partial charge on any atom is -0.463 e. The summed E-state index contributed by atoms with van der Waals surface area (Å²) in [6.45, 7) is 2.29. The first-order valence-corrected chi connectivity index (χ1v) is 5.88. The molecule has 1 heterocycles. The van der Waals surface area contributed by atoms with Gasteiger partial charge in [0, 0.05) is 5.92 Å². The number of carbonyl (C=O) groups excluding carboxylic acids is 1. The van der Waals surface area contributed by atoms with Crippen molar-refractivity contribution < 1.29 is 13.9 Å². The average molecular weight is 222 g/mol. The number of hydrogen-bond donors (Lipinski definition) is 0. The van der Waals surface area contributed by atoms with Gasteiger partial charge < -0.3 is 9.15 Å². The minimum atomic E-state index is -0.393. The average Bonchev–Trinajstić information content (AvgIpc) is 2.78. The van der Waals surface area contributed by atoms with Crippen LogP contribution in [0.2, 0.25) is 0 Å². The van der Waals surface area contributed by atoms with Gasteiger partial charge in [0.05, 0.1) is 7.11 Å². The lowest BCUT2D eigenvalue weighted by Crippen LogP contribution is -2.10. The molecule has 0 saturated heterocycles. The minimum absolute atomic E-state index is 0.316. The lowest BCUT2D eigenvalue weighted by molar-refractivity contribution is 0.0561. The zero-order chi connectivity index (χ0) is 11.5. The van der Waals surface area contributed by atoms with Gasteiger partial charge in [0.2, 0.25) is 5.76 Å². The third-order valence-electron chi connectivity index (χ3n) is 3.43. The maximum atomic E-state index is 11.2. The molecule has 0 aromatic carbocycles. The molecule has 1 saturated carbocycles. The molecular weight excluding hydrogens is 204 g/mol. The molecule has 0 spiro atoms. The van der Waals surface area contributed by atoms with Gasteiger partial charge in [0.15, 0.2) is 0 Å². The van der Waals surface area contributed by atoms with Crippen molar-refractivity contribution in [1.82, 2.24) is 0 Å². The molecule has 1 aliphatic rings. The van der Waals surface area contributed by atoms with Crippen LogP contribution in [-0.2, 0) is 4.74 Å². The van der Waals surface area contributed by atoms with E-state index >= 15 is 0 Å².